The van der Waals surface area contributed by atoms with E-state index in [9.17, 15) is 4.79 Å². The van der Waals surface area contributed by atoms with E-state index in [0.717, 1.165) is 24.0 Å². The van der Waals surface area contributed by atoms with Gasteiger partial charge in [-0.15, -0.1) is 0 Å². The maximum Gasteiger partial charge on any atom is 0.251 e. The molecule has 0 spiro atoms. The summed E-state index contributed by atoms with van der Waals surface area (Å²) in [5.74, 6) is 0.0659. The van der Waals surface area contributed by atoms with E-state index in [1.165, 1.54) is 0 Å². The lowest BCUT2D eigenvalue weighted by atomic mass is 10.1. The normalized spacial score (nSPS) is 22.5. The van der Waals surface area contributed by atoms with Crippen LogP contribution in [-0.4, -0.2) is 30.1 Å². The monoisotopic (exact) mass is 262 g/mol. The molecule has 1 aromatic rings. The minimum atomic E-state index is -0.273. The van der Waals surface area contributed by atoms with Gasteiger partial charge in [-0.3, -0.25) is 4.79 Å². The molecule has 2 atom stereocenters. The Balaban J connectivity index is 2.00. The highest BCUT2D eigenvalue weighted by molar-refractivity contribution is 5.81. The van der Waals surface area contributed by atoms with Crippen LogP contribution in [-0.2, 0) is 22.6 Å². The summed E-state index contributed by atoms with van der Waals surface area (Å²) in [6.07, 6.45) is 1.70. The van der Waals surface area contributed by atoms with Crippen LogP contribution in [0.1, 0.15) is 30.9 Å². The summed E-state index contributed by atoms with van der Waals surface area (Å²) in [6, 6.07) is 7.96. The average Bonchev–Trinajstić information content (AvgIpc) is 2.85. The predicted octanol–water partition coefficient (Wildman–Crippen LogP) is 1.67. The number of ether oxygens (including phenoxy) is 1. The Labute approximate surface area is 114 Å². The molecule has 0 aromatic heterocycles. The molecule has 0 bridgehead atoms. The molecule has 4 nitrogen and oxygen atoms in total. The van der Waals surface area contributed by atoms with Crippen molar-refractivity contribution in [1.29, 1.82) is 0 Å². The van der Waals surface area contributed by atoms with E-state index in [4.69, 9.17) is 10.5 Å². The average molecular weight is 262 g/mol. The molecule has 4 heteroatoms. The first-order valence-corrected chi connectivity index (χ1v) is 6.79. The number of benzene rings is 1. The molecule has 2 N–H and O–H groups in total. The summed E-state index contributed by atoms with van der Waals surface area (Å²) < 4.78 is 5.62. The second-order valence-corrected chi connectivity index (χ2v) is 5.18. The van der Waals surface area contributed by atoms with Gasteiger partial charge in [-0.05, 0) is 30.9 Å². The van der Waals surface area contributed by atoms with Gasteiger partial charge >= 0.3 is 0 Å². The largest absolute Gasteiger partial charge is 0.365 e. The fourth-order valence-electron chi connectivity index (χ4n) is 2.47. The smallest absolute Gasteiger partial charge is 0.251 e. The van der Waals surface area contributed by atoms with Crippen molar-refractivity contribution >= 4 is 5.91 Å². The van der Waals surface area contributed by atoms with Crippen molar-refractivity contribution in [3.05, 3.63) is 35.4 Å². The zero-order chi connectivity index (χ0) is 13.8. The minimum Gasteiger partial charge on any atom is -0.365 e. The zero-order valence-corrected chi connectivity index (χ0v) is 11.6. The third-order valence-electron chi connectivity index (χ3n) is 3.63. The Morgan fingerprint density at radius 1 is 1.37 bits per heavy atom. The standard InChI is InChI=1S/C15H22N2O2/c1-11-7-8-14(19-11)15(18)17(2)10-13-6-4-3-5-12(13)9-16/h3-6,11,14H,7-10,16H2,1-2H3. The summed E-state index contributed by atoms with van der Waals surface area (Å²) >= 11 is 0. The van der Waals surface area contributed by atoms with Gasteiger partial charge in [-0.1, -0.05) is 24.3 Å². The molecule has 1 fully saturated rings. The maximum atomic E-state index is 12.3. The number of amides is 1. The van der Waals surface area contributed by atoms with Gasteiger partial charge in [0, 0.05) is 20.1 Å². The maximum absolute atomic E-state index is 12.3. The summed E-state index contributed by atoms with van der Waals surface area (Å²) in [4.78, 5) is 14.0. The molecule has 1 heterocycles. The van der Waals surface area contributed by atoms with E-state index in [-0.39, 0.29) is 18.1 Å². The summed E-state index contributed by atoms with van der Waals surface area (Å²) in [5.41, 5.74) is 7.90. The highest BCUT2D eigenvalue weighted by atomic mass is 16.5. The van der Waals surface area contributed by atoms with E-state index in [1.807, 2.05) is 38.2 Å². The molecular weight excluding hydrogens is 240 g/mol. The molecular formula is C15H22N2O2. The van der Waals surface area contributed by atoms with Crippen LogP contribution in [0.25, 0.3) is 0 Å². The Morgan fingerprint density at radius 3 is 2.63 bits per heavy atom. The van der Waals surface area contributed by atoms with Crippen LogP contribution < -0.4 is 5.73 Å². The van der Waals surface area contributed by atoms with Gasteiger partial charge < -0.3 is 15.4 Å². The molecule has 1 aliphatic rings. The molecule has 19 heavy (non-hydrogen) atoms. The predicted molar refractivity (Wildman–Crippen MR) is 74.4 cm³/mol. The molecule has 1 amide bonds. The zero-order valence-electron chi connectivity index (χ0n) is 11.6. The molecule has 1 aromatic carbocycles. The van der Waals surface area contributed by atoms with E-state index in [0.29, 0.717) is 13.1 Å². The Kier molecular flexibility index (Phi) is 4.56. The van der Waals surface area contributed by atoms with Gasteiger partial charge in [-0.2, -0.15) is 0 Å². The van der Waals surface area contributed by atoms with E-state index in [2.05, 4.69) is 0 Å². The Bertz CT molecular complexity index is 448. The molecule has 2 unspecified atom stereocenters. The van der Waals surface area contributed by atoms with Crippen molar-refractivity contribution in [2.24, 2.45) is 5.73 Å². The lowest BCUT2D eigenvalue weighted by Crippen LogP contribution is -2.36. The van der Waals surface area contributed by atoms with Crippen molar-refractivity contribution in [1.82, 2.24) is 4.90 Å². The minimum absolute atomic E-state index is 0.0659. The van der Waals surface area contributed by atoms with Crippen LogP contribution in [0.15, 0.2) is 24.3 Å². The molecule has 2 rings (SSSR count). The topological polar surface area (TPSA) is 55.6 Å². The number of likely N-dealkylation sites (N-methyl/N-ethyl adjacent to an activating group) is 1. The Hall–Kier alpha value is -1.39. The van der Waals surface area contributed by atoms with Crippen molar-refractivity contribution in [3.8, 4) is 0 Å². The van der Waals surface area contributed by atoms with Gasteiger partial charge in [0.15, 0.2) is 0 Å². The van der Waals surface area contributed by atoms with Crippen molar-refractivity contribution < 1.29 is 9.53 Å². The molecule has 1 aliphatic heterocycles. The highest BCUT2D eigenvalue weighted by Gasteiger charge is 2.30. The van der Waals surface area contributed by atoms with Gasteiger partial charge in [-0.25, -0.2) is 0 Å². The number of hydrogen-bond acceptors (Lipinski definition) is 3. The van der Waals surface area contributed by atoms with Crippen molar-refractivity contribution in [2.75, 3.05) is 7.05 Å². The van der Waals surface area contributed by atoms with Crippen molar-refractivity contribution in [2.45, 2.75) is 45.1 Å². The molecule has 1 saturated heterocycles. The lowest BCUT2D eigenvalue weighted by Gasteiger charge is -2.22. The first-order chi connectivity index (χ1) is 9.11. The SMILES string of the molecule is CC1CCC(C(=O)N(C)Cc2ccccc2CN)O1. The second kappa shape index (κ2) is 6.17. The van der Waals surface area contributed by atoms with Crippen LogP contribution in [0.2, 0.25) is 0 Å². The highest BCUT2D eigenvalue weighted by Crippen LogP contribution is 2.21. The summed E-state index contributed by atoms with van der Waals surface area (Å²) in [6.45, 7) is 3.09. The second-order valence-electron chi connectivity index (χ2n) is 5.18. The van der Waals surface area contributed by atoms with Gasteiger partial charge in [0.2, 0.25) is 0 Å². The van der Waals surface area contributed by atoms with Crippen LogP contribution >= 0.6 is 0 Å². The van der Waals surface area contributed by atoms with Crippen LogP contribution in [0.3, 0.4) is 0 Å². The third-order valence-corrected chi connectivity index (χ3v) is 3.63. The number of nitrogens with two attached hydrogens (primary N) is 1. The Morgan fingerprint density at radius 2 is 2.05 bits per heavy atom. The number of carbonyl (C=O) groups excluding carboxylic acids is 1. The molecule has 0 saturated carbocycles. The van der Waals surface area contributed by atoms with Gasteiger partial charge in [0.1, 0.15) is 6.10 Å². The molecule has 0 radical (unpaired) electrons. The van der Waals surface area contributed by atoms with E-state index >= 15 is 0 Å². The number of carbonyl (C=O) groups is 1. The van der Waals surface area contributed by atoms with E-state index in [1.54, 1.807) is 4.90 Å². The number of hydrogen-bond donors (Lipinski definition) is 1. The fourth-order valence-corrected chi connectivity index (χ4v) is 2.47. The third kappa shape index (κ3) is 3.33. The fraction of sp³-hybridized carbons (Fsp3) is 0.533. The molecule has 0 aliphatic carbocycles. The number of rotatable bonds is 4. The van der Waals surface area contributed by atoms with Crippen LogP contribution in [0.5, 0.6) is 0 Å². The number of nitrogens with zero attached hydrogens (tertiary/aromatic N) is 1. The van der Waals surface area contributed by atoms with Gasteiger partial charge in [0.05, 0.1) is 6.10 Å². The molecule has 104 valence electrons. The van der Waals surface area contributed by atoms with E-state index < -0.39 is 0 Å². The van der Waals surface area contributed by atoms with Crippen LogP contribution in [0, 0.1) is 0 Å². The van der Waals surface area contributed by atoms with Gasteiger partial charge in [0.25, 0.3) is 5.91 Å². The quantitative estimate of drug-likeness (QED) is 0.898. The first kappa shape index (κ1) is 14.0. The van der Waals surface area contributed by atoms with Crippen LogP contribution in [0.4, 0.5) is 0 Å². The lowest BCUT2D eigenvalue weighted by molar-refractivity contribution is -0.141. The van der Waals surface area contributed by atoms with Crippen molar-refractivity contribution in [3.63, 3.8) is 0 Å². The summed E-state index contributed by atoms with van der Waals surface area (Å²) in [5, 5.41) is 0. The summed E-state index contributed by atoms with van der Waals surface area (Å²) in [7, 11) is 1.82. The first-order valence-electron chi connectivity index (χ1n) is 6.79.